The van der Waals surface area contributed by atoms with Gasteiger partial charge in [0.1, 0.15) is 15.8 Å². The molecule has 0 radical (unpaired) electrons. The lowest BCUT2D eigenvalue weighted by atomic mass is 9.94. The number of carbonyl (C=O) groups excluding carboxylic acids is 1. The van der Waals surface area contributed by atoms with Gasteiger partial charge in [-0.25, -0.2) is 0 Å². The van der Waals surface area contributed by atoms with Crippen molar-refractivity contribution in [1.82, 2.24) is 4.90 Å². The molecule has 1 amide bonds. The minimum Gasteiger partial charge on any atom is -0.456 e. The first kappa shape index (κ1) is 19.8. The van der Waals surface area contributed by atoms with Gasteiger partial charge in [-0.2, -0.15) is 0 Å². The molecule has 29 heavy (non-hydrogen) atoms. The van der Waals surface area contributed by atoms with Gasteiger partial charge in [0.2, 0.25) is 0 Å². The number of carbonyl (C=O) groups is 1. The van der Waals surface area contributed by atoms with Crippen molar-refractivity contribution >= 4 is 46.0 Å². The molecule has 1 aromatic carbocycles. The Kier molecular flexibility index (Phi) is 5.56. The van der Waals surface area contributed by atoms with Gasteiger partial charge in [0.05, 0.1) is 15.4 Å². The summed E-state index contributed by atoms with van der Waals surface area (Å²) in [5.74, 6) is 0.788. The molecule has 6 nitrogen and oxygen atoms in total. The summed E-state index contributed by atoms with van der Waals surface area (Å²) >= 11 is 6.74. The molecule has 0 N–H and O–H groups in total. The first-order valence-corrected chi connectivity index (χ1v) is 10.8. The molecule has 1 aliphatic heterocycles. The van der Waals surface area contributed by atoms with E-state index < -0.39 is 4.92 Å². The van der Waals surface area contributed by atoms with E-state index in [4.69, 9.17) is 16.6 Å². The normalized spacial score (nSPS) is 19.3. The van der Waals surface area contributed by atoms with Crippen LogP contribution in [0.15, 0.2) is 39.7 Å². The Hall–Kier alpha value is -2.45. The number of thioether (sulfide) groups is 1. The Morgan fingerprint density at radius 2 is 2.00 bits per heavy atom. The summed E-state index contributed by atoms with van der Waals surface area (Å²) in [6, 6.07) is 8.59. The molecule has 1 aromatic heterocycles. The van der Waals surface area contributed by atoms with Gasteiger partial charge >= 0.3 is 0 Å². The van der Waals surface area contributed by atoms with Gasteiger partial charge in [0.15, 0.2) is 0 Å². The van der Waals surface area contributed by atoms with E-state index in [2.05, 4.69) is 0 Å². The van der Waals surface area contributed by atoms with Gasteiger partial charge in [0.25, 0.3) is 11.6 Å². The number of rotatable bonds is 4. The van der Waals surface area contributed by atoms with E-state index >= 15 is 0 Å². The number of hydrogen-bond acceptors (Lipinski definition) is 6. The maximum atomic E-state index is 12.9. The molecule has 0 unspecified atom stereocenters. The standard InChI is InChI=1S/C21H20N2O4S2/c1-13-7-9-16(17(11-13)23(25)26)18-10-8-15(27-18)12-19-20(24)22(21(28)29-19)14-5-3-2-4-6-14/h7-12,14H,2-6H2,1H3. The lowest BCUT2D eigenvalue weighted by Crippen LogP contribution is -2.39. The van der Waals surface area contributed by atoms with Crippen LogP contribution in [0.25, 0.3) is 17.4 Å². The highest BCUT2D eigenvalue weighted by Gasteiger charge is 2.37. The second-order valence-corrected chi connectivity index (χ2v) is 9.00. The molecule has 0 bridgehead atoms. The average Bonchev–Trinajstić information content (AvgIpc) is 3.27. The summed E-state index contributed by atoms with van der Waals surface area (Å²) < 4.78 is 6.41. The lowest BCUT2D eigenvalue weighted by Gasteiger charge is -2.29. The molecule has 4 rings (SSSR count). The Morgan fingerprint density at radius 1 is 1.24 bits per heavy atom. The topological polar surface area (TPSA) is 76.6 Å². The van der Waals surface area contributed by atoms with Gasteiger partial charge in [-0.15, -0.1) is 0 Å². The van der Waals surface area contributed by atoms with Gasteiger partial charge in [0, 0.05) is 18.2 Å². The largest absolute Gasteiger partial charge is 0.456 e. The fourth-order valence-corrected chi connectivity index (χ4v) is 5.22. The van der Waals surface area contributed by atoms with Gasteiger partial charge in [-0.1, -0.05) is 49.3 Å². The van der Waals surface area contributed by atoms with Crippen LogP contribution in [0.4, 0.5) is 5.69 Å². The third-order valence-corrected chi connectivity index (χ3v) is 6.61. The van der Waals surface area contributed by atoms with Crippen molar-refractivity contribution in [3.8, 4) is 11.3 Å². The van der Waals surface area contributed by atoms with Crippen molar-refractivity contribution in [2.45, 2.75) is 45.1 Å². The lowest BCUT2D eigenvalue weighted by molar-refractivity contribution is -0.384. The summed E-state index contributed by atoms with van der Waals surface area (Å²) in [5.41, 5.74) is 1.21. The van der Waals surface area contributed by atoms with Crippen molar-refractivity contribution in [2.75, 3.05) is 0 Å². The number of thiocarbonyl (C=S) groups is 1. The highest BCUT2D eigenvalue weighted by Crippen LogP contribution is 2.38. The fourth-order valence-electron chi connectivity index (χ4n) is 3.84. The number of nitro benzene ring substituents is 1. The van der Waals surface area contributed by atoms with Crippen LogP contribution in [-0.2, 0) is 4.79 Å². The minimum atomic E-state index is -0.417. The van der Waals surface area contributed by atoms with E-state index in [1.165, 1.54) is 24.2 Å². The van der Waals surface area contributed by atoms with Crippen molar-refractivity contribution < 1.29 is 14.1 Å². The molecular formula is C21H20N2O4S2. The summed E-state index contributed by atoms with van der Waals surface area (Å²) in [6.07, 6.45) is 7.10. The zero-order chi connectivity index (χ0) is 20.5. The Bertz CT molecular complexity index is 1020. The van der Waals surface area contributed by atoms with Crippen LogP contribution in [0.3, 0.4) is 0 Å². The van der Waals surface area contributed by atoms with Crippen LogP contribution in [0.5, 0.6) is 0 Å². The van der Waals surface area contributed by atoms with Crippen molar-refractivity contribution in [2.24, 2.45) is 0 Å². The zero-order valence-electron chi connectivity index (χ0n) is 15.9. The summed E-state index contributed by atoms with van der Waals surface area (Å²) in [6.45, 7) is 1.80. The van der Waals surface area contributed by atoms with E-state index in [-0.39, 0.29) is 17.6 Å². The van der Waals surface area contributed by atoms with Crippen LogP contribution in [0, 0.1) is 17.0 Å². The first-order chi connectivity index (χ1) is 13.9. The average molecular weight is 429 g/mol. The van der Waals surface area contributed by atoms with Crippen LogP contribution in [0.1, 0.15) is 43.4 Å². The van der Waals surface area contributed by atoms with E-state index in [1.54, 1.807) is 42.2 Å². The smallest absolute Gasteiger partial charge is 0.280 e. The maximum Gasteiger partial charge on any atom is 0.280 e. The number of amides is 1. The van der Waals surface area contributed by atoms with Crippen molar-refractivity contribution in [1.29, 1.82) is 0 Å². The molecule has 8 heteroatoms. The molecule has 2 aliphatic rings. The number of benzene rings is 1. The van der Waals surface area contributed by atoms with Crippen LogP contribution in [-0.4, -0.2) is 26.1 Å². The molecule has 0 atom stereocenters. The number of hydrogen-bond donors (Lipinski definition) is 0. The van der Waals surface area contributed by atoms with Crippen molar-refractivity contribution in [3.05, 3.63) is 56.7 Å². The van der Waals surface area contributed by atoms with Crippen LogP contribution >= 0.6 is 24.0 Å². The van der Waals surface area contributed by atoms with E-state index in [1.807, 2.05) is 0 Å². The van der Waals surface area contributed by atoms with E-state index in [0.717, 1.165) is 31.2 Å². The first-order valence-electron chi connectivity index (χ1n) is 9.56. The molecular weight excluding hydrogens is 408 g/mol. The maximum absolute atomic E-state index is 12.9. The molecule has 1 aliphatic carbocycles. The molecule has 1 saturated heterocycles. The number of nitro groups is 1. The van der Waals surface area contributed by atoms with Gasteiger partial charge < -0.3 is 4.42 Å². The molecule has 2 heterocycles. The predicted molar refractivity (Wildman–Crippen MR) is 117 cm³/mol. The highest BCUT2D eigenvalue weighted by molar-refractivity contribution is 8.26. The molecule has 2 fully saturated rings. The number of furan rings is 1. The SMILES string of the molecule is Cc1ccc(-c2ccc(C=C3SC(=S)N(C4CCCCC4)C3=O)o2)c([N+](=O)[O-])c1. The monoisotopic (exact) mass is 428 g/mol. The molecule has 0 spiro atoms. The quantitative estimate of drug-likeness (QED) is 0.269. The van der Waals surface area contributed by atoms with Gasteiger partial charge in [-0.05, 0) is 43.5 Å². The Morgan fingerprint density at radius 3 is 2.72 bits per heavy atom. The van der Waals surface area contributed by atoms with Gasteiger partial charge in [-0.3, -0.25) is 19.8 Å². The molecule has 150 valence electrons. The molecule has 2 aromatic rings. The van der Waals surface area contributed by atoms with Crippen LogP contribution in [0.2, 0.25) is 0 Å². The zero-order valence-corrected chi connectivity index (χ0v) is 17.6. The Balaban J connectivity index is 1.59. The summed E-state index contributed by atoms with van der Waals surface area (Å²) in [7, 11) is 0. The third kappa shape index (κ3) is 4.00. The van der Waals surface area contributed by atoms with Crippen molar-refractivity contribution in [3.63, 3.8) is 0 Å². The fraction of sp³-hybridized carbons (Fsp3) is 0.333. The second kappa shape index (κ2) is 8.12. The Labute approximate surface area is 178 Å². The highest BCUT2D eigenvalue weighted by atomic mass is 32.2. The number of aryl methyl sites for hydroxylation is 1. The van der Waals surface area contributed by atoms with Crippen LogP contribution < -0.4 is 0 Å². The number of nitrogens with zero attached hydrogens (tertiary/aromatic N) is 2. The minimum absolute atomic E-state index is 0.00507. The van der Waals surface area contributed by atoms with E-state index in [0.29, 0.717) is 26.3 Å². The predicted octanol–water partition coefficient (Wildman–Crippen LogP) is 5.70. The molecule has 1 saturated carbocycles. The second-order valence-electron chi connectivity index (χ2n) is 7.32. The summed E-state index contributed by atoms with van der Waals surface area (Å²) in [5, 5.41) is 11.4. The summed E-state index contributed by atoms with van der Waals surface area (Å²) in [4.78, 5) is 26.1. The van der Waals surface area contributed by atoms with E-state index in [9.17, 15) is 14.9 Å². The third-order valence-electron chi connectivity index (χ3n) is 5.28.